The Hall–Kier alpha value is 1.75. The molecule has 0 rings (SSSR count). The van der Waals surface area contributed by atoms with Crippen LogP contribution in [0.1, 0.15) is 0 Å². The largest absolute Gasteiger partial charge is 0.102 e. The molecule has 0 aliphatic carbocycles. The van der Waals surface area contributed by atoms with Gasteiger partial charge in [0.25, 0.3) is 0 Å². The Bertz CT molecular complexity index is 15.5. The first-order chi connectivity index (χ1) is 2.00. The molecule has 0 saturated heterocycles. The molecule has 5 heteroatoms. The summed E-state index contributed by atoms with van der Waals surface area (Å²) < 4.78 is 0. The molecule has 0 atom stereocenters. The molecule has 0 aliphatic rings. The average molecular weight is 164 g/mol. The second-order valence-electron chi connectivity index (χ2n) is 0.490. The Morgan fingerprint density at radius 1 is 0.800 bits per heavy atom. The zero-order valence-electron chi connectivity index (χ0n) is 2.20. The molecule has 0 radical (unpaired) electrons. The molecule has 5 heavy (non-hydrogen) atoms. The molecule has 0 aromatic carbocycles. The number of rotatable bonds is 0. The van der Waals surface area contributed by atoms with E-state index in [-0.39, 0.29) is 0 Å². The summed E-state index contributed by atoms with van der Waals surface area (Å²) in [5.74, 6) is 0. The predicted molar refractivity (Wildman–Crippen MR) is 43.5 cm³/mol. The highest BCUT2D eigenvalue weighted by atomic mass is 34.1. The Morgan fingerprint density at radius 2 is 0.800 bits per heavy atom. The van der Waals surface area contributed by atoms with E-state index in [1.807, 2.05) is 0 Å². The predicted octanol–water partition coefficient (Wildman–Crippen LogP) is 2.17. The van der Waals surface area contributed by atoms with Gasteiger partial charge in [-0.15, -0.1) is 46.6 Å². The molecule has 0 bridgehead atoms. The summed E-state index contributed by atoms with van der Waals surface area (Å²) in [7, 11) is 0. The fraction of sp³-hybridized carbons (Fsp3) is 0. The minimum Gasteiger partial charge on any atom is -0.102 e. The summed E-state index contributed by atoms with van der Waals surface area (Å²) >= 11 is 15.2. The molecule has 0 heterocycles. The van der Waals surface area contributed by atoms with Gasteiger partial charge in [-0.25, -0.2) is 0 Å². The van der Waals surface area contributed by atoms with Crippen LogP contribution in [0.4, 0.5) is 0 Å². The lowest BCUT2D eigenvalue weighted by atomic mass is 30.1. The zero-order valence-corrected chi connectivity index (χ0v) is 6.59. The molecule has 0 fully saturated rings. The molecule has 0 aromatic heterocycles. The van der Waals surface area contributed by atoms with Crippen molar-refractivity contribution in [1.29, 1.82) is 0 Å². The van der Waals surface area contributed by atoms with E-state index in [1.54, 1.807) is 0 Å². The van der Waals surface area contributed by atoms with Crippen LogP contribution in [0.3, 0.4) is 0 Å². The summed E-state index contributed by atoms with van der Waals surface area (Å²) in [6, 6.07) is 0. The van der Waals surface area contributed by atoms with Crippen LogP contribution in [0.2, 0.25) is 0 Å². The molecule has 0 aromatic rings. The number of thiol groups is 4. The fourth-order valence-corrected chi connectivity index (χ4v) is 0. The van der Waals surface area contributed by atoms with Gasteiger partial charge in [-0.1, -0.05) is 6.16 Å². The van der Waals surface area contributed by atoms with Crippen molar-refractivity contribution in [3.8, 4) is 0 Å². The van der Waals surface area contributed by atoms with Crippen LogP contribution in [-0.4, -0.2) is 0 Å². The summed E-state index contributed by atoms with van der Waals surface area (Å²) in [6.07, 6.45) is -1.39. The van der Waals surface area contributed by atoms with Crippen molar-refractivity contribution in [3.63, 3.8) is 0 Å². The molecule has 0 spiro atoms. The minimum absolute atomic E-state index is 1.39. The number of hydrogen-bond donors (Lipinski definition) is 4. The first kappa shape index (κ1) is 6.75. The fourth-order valence-electron chi connectivity index (χ4n) is 0. The summed E-state index contributed by atoms with van der Waals surface area (Å²) in [6.45, 7) is 0. The van der Waals surface area contributed by atoms with Crippen LogP contribution in [0, 0.1) is 0 Å². The maximum atomic E-state index is 3.80. The van der Waals surface area contributed by atoms with Gasteiger partial charge in [-0.05, 0) is 0 Å². The normalized spacial score (nSPS) is 15.2. The van der Waals surface area contributed by atoms with E-state index in [4.69, 9.17) is 0 Å². The SMILES string of the molecule is SS(S)(S)S. The summed E-state index contributed by atoms with van der Waals surface area (Å²) in [5, 5.41) is 0. The van der Waals surface area contributed by atoms with Crippen molar-refractivity contribution in [1.82, 2.24) is 0 Å². The molecule has 0 saturated carbocycles. The maximum absolute atomic E-state index is 3.80. The van der Waals surface area contributed by atoms with Crippen molar-refractivity contribution in [2.45, 2.75) is 0 Å². The van der Waals surface area contributed by atoms with Crippen molar-refractivity contribution >= 4 is 52.8 Å². The summed E-state index contributed by atoms with van der Waals surface area (Å²) in [4.78, 5) is 0. The van der Waals surface area contributed by atoms with Gasteiger partial charge in [0.2, 0.25) is 0 Å². The highest BCUT2D eigenvalue weighted by molar-refractivity contribution is 9.59. The lowest BCUT2D eigenvalue weighted by Crippen LogP contribution is -1.35. The molecule has 0 nitrogen and oxygen atoms in total. The van der Waals surface area contributed by atoms with E-state index >= 15 is 0 Å². The molecule has 0 N–H and O–H groups in total. The van der Waals surface area contributed by atoms with Crippen LogP contribution in [0.25, 0.3) is 0 Å². The third-order valence-electron chi connectivity index (χ3n) is 0. The van der Waals surface area contributed by atoms with Gasteiger partial charge in [-0.2, -0.15) is 0 Å². The first-order valence-electron chi connectivity index (χ1n) is 0.730. The first-order valence-corrected chi connectivity index (χ1v) is 6.57. The highest BCUT2D eigenvalue weighted by Gasteiger charge is 1.92. The average Bonchev–Trinajstić information content (AvgIpc) is 0.722. The third-order valence-corrected chi connectivity index (χ3v) is 0. The maximum Gasteiger partial charge on any atom is -0.0554 e. The van der Waals surface area contributed by atoms with Gasteiger partial charge >= 0.3 is 0 Å². The van der Waals surface area contributed by atoms with Gasteiger partial charge in [0.1, 0.15) is 0 Å². The Balaban J connectivity index is 3.02. The Kier molecular flexibility index (Phi) is 2.92. The van der Waals surface area contributed by atoms with Crippen LogP contribution in [0.15, 0.2) is 0 Å². The van der Waals surface area contributed by atoms with Crippen LogP contribution in [-0.2, 0) is 0 Å². The lowest BCUT2D eigenvalue weighted by molar-refractivity contribution is 5.59. The zero-order chi connectivity index (χ0) is 4.50. The molecular formula is H4S5. The van der Waals surface area contributed by atoms with E-state index < -0.39 is 6.16 Å². The van der Waals surface area contributed by atoms with Crippen LogP contribution in [0.5, 0.6) is 0 Å². The van der Waals surface area contributed by atoms with E-state index in [0.29, 0.717) is 0 Å². The van der Waals surface area contributed by atoms with Gasteiger partial charge in [0.05, 0.1) is 0 Å². The van der Waals surface area contributed by atoms with Crippen molar-refractivity contribution in [3.05, 3.63) is 0 Å². The van der Waals surface area contributed by atoms with Crippen molar-refractivity contribution < 1.29 is 0 Å². The molecule has 34 valence electrons. The van der Waals surface area contributed by atoms with Gasteiger partial charge in [0.15, 0.2) is 0 Å². The molecule has 0 unspecified atom stereocenters. The smallest absolute Gasteiger partial charge is 0.0554 e. The Morgan fingerprint density at radius 3 is 0.800 bits per heavy atom. The topological polar surface area (TPSA) is 0 Å². The highest BCUT2D eigenvalue weighted by Crippen LogP contribution is 2.65. The van der Waals surface area contributed by atoms with E-state index in [2.05, 4.69) is 46.6 Å². The minimum atomic E-state index is -1.39. The van der Waals surface area contributed by atoms with E-state index in [0.717, 1.165) is 0 Å². The van der Waals surface area contributed by atoms with Gasteiger partial charge in [-0.3, -0.25) is 0 Å². The number of hydrogen-bond acceptors (Lipinski definition) is 4. The molecular weight excluding hydrogens is 160 g/mol. The third kappa shape index (κ3) is 26.4. The monoisotopic (exact) mass is 164 g/mol. The lowest BCUT2D eigenvalue weighted by Gasteiger charge is -2.08. The Labute approximate surface area is 52.7 Å². The second kappa shape index (κ2) is 2.16. The van der Waals surface area contributed by atoms with Gasteiger partial charge < -0.3 is 0 Å². The van der Waals surface area contributed by atoms with E-state index in [9.17, 15) is 0 Å². The van der Waals surface area contributed by atoms with Crippen molar-refractivity contribution in [2.75, 3.05) is 0 Å². The summed E-state index contributed by atoms with van der Waals surface area (Å²) in [5.41, 5.74) is 0. The van der Waals surface area contributed by atoms with Crippen LogP contribution >= 0.6 is 52.8 Å². The second-order valence-corrected chi connectivity index (χ2v) is 13.2. The molecule has 0 amide bonds. The van der Waals surface area contributed by atoms with Gasteiger partial charge in [0, 0.05) is 0 Å². The van der Waals surface area contributed by atoms with Crippen molar-refractivity contribution in [2.24, 2.45) is 0 Å². The quantitative estimate of drug-likeness (QED) is 0.306. The van der Waals surface area contributed by atoms with E-state index in [1.165, 1.54) is 0 Å². The standard InChI is InChI=1S/H4S5/c1-5(2,3)4/h1-4H. The molecule has 0 aliphatic heterocycles. The van der Waals surface area contributed by atoms with Crippen LogP contribution < -0.4 is 0 Å².